The van der Waals surface area contributed by atoms with Crippen LogP contribution in [0.3, 0.4) is 0 Å². The molecule has 0 saturated carbocycles. The van der Waals surface area contributed by atoms with Crippen LogP contribution in [0.5, 0.6) is 0 Å². The van der Waals surface area contributed by atoms with Gasteiger partial charge in [-0.1, -0.05) is 178 Å². The number of benzene rings is 10. The molecular formula is C55H39N. The Morgan fingerprint density at radius 2 is 0.857 bits per heavy atom. The van der Waals surface area contributed by atoms with Crippen molar-refractivity contribution in [2.75, 3.05) is 4.90 Å². The molecule has 0 radical (unpaired) electrons. The van der Waals surface area contributed by atoms with Crippen molar-refractivity contribution in [3.8, 4) is 33.4 Å². The van der Waals surface area contributed by atoms with Gasteiger partial charge in [-0.15, -0.1) is 0 Å². The van der Waals surface area contributed by atoms with E-state index in [4.69, 9.17) is 0 Å². The summed E-state index contributed by atoms with van der Waals surface area (Å²) in [5.74, 6) is 0. The van der Waals surface area contributed by atoms with E-state index >= 15 is 0 Å². The van der Waals surface area contributed by atoms with Crippen molar-refractivity contribution in [2.45, 2.75) is 19.3 Å². The SMILES string of the molecule is CC1(C)c2ccccc2-c2c(N(c3ccc(-c4ccc5c(ccc6ccccc65)c4)cc3)c3ccc(-c4cccc5c4ccc4ccccc45)cc3)cccc21. The van der Waals surface area contributed by atoms with Crippen LogP contribution in [0, 0.1) is 0 Å². The first kappa shape index (κ1) is 32.5. The Hall–Kier alpha value is -6.96. The zero-order chi connectivity index (χ0) is 37.4. The van der Waals surface area contributed by atoms with E-state index in [0.717, 1.165) is 11.4 Å². The summed E-state index contributed by atoms with van der Waals surface area (Å²) in [6.07, 6.45) is 0. The van der Waals surface area contributed by atoms with E-state index in [2.05, 4.69) is 219 Å². The molecule has 11 rings (SSSR count). The number of nitrogens with zero attached hydrogens (tertiary/aromatic N) is 1. The van der Waals surface area contributed by atoms with Gasteiger partial charge in [-0.3, -0.25) is 0 Å². The van der Waals surface area contributed by atoms with Gasteiger partial charge in [0.15, 0.2) is 0 Å². The Morgan fingerprint density at radius 1 is 0.339 bits per heavy atom. The van der Waals surface area contributed by atoms with E-state index in [1.807, 2.05) is 0 Å². The second-order valence-electron chi connectivity index (χ2n) is 15.7. The largest absolute Gasteiger partial charge is 0.310 e. The summed E-state index contributed by atoms with van der Waals surface area (Å²) in [5.41, 5.74) is 13.6. The average molecular weight is 714 g/mol. The molecule has 10 aromatic carbocycles. The molecule has 0 heterocycles. The predicted octanol–water partition coefficient (Wildman–Crippen LogP) is 15.4. The lowest BCUT2D eigenvalue weighted by molar-refractivity contribution is 0.660. The van der Waals surface area contributed by atoms with Crippen molar-refractivity contribution < 1.29 is 0 Å². The van der Waals surface area contributed by atoms with Gasteiger partial charge < -0.3 is 4.90 Å². The van der Waals surface area contributed by atoms with Gasteiger partial charge in [0.05, 0.1) is 5.69 Å². The summed E-state index contributed by atoms with van der Waals surface area (Å²) < 4.78 is 0. The second-order valence-corrected chi connectivity index (χ2v) is 15.7. The van der Waals surface area contributed by atoms with E-state index < -0.39 is 0 Å². The van der Waals surface area contributed by atoms with E-state index in [9.17, 15) is 0 Å². The molecule has 1 heteroatoms. The predicted molar refractivity (Wildman–Crippen MR) is 240 cm³/mol. The Balaban J connectivity index is 1.04. The average Bonchev–Trinajstić information content (AvgIpc) is 3.50. The molecule has 1 aliphatic carbocycles. The zero-order valence-electron chi connectivity index (χ0n) is 31.5. The van der Waals surface area contributed by atoms with Crippen LogP contribution in [0.15, 0.2) is 200 Å². The number of rotatable bonds is 5. The van der Waals surface area contributed by atoms with E-state index in [1.54, 1.807) is 0 Å². The van der Waals surface area contributed by atoms with Crippen LogP contribution < -0.4 is 4.90 Å². The molecule has 0 amide bonds. The molecule has 0 unspecified atom stereocenters. The van der Waals surface area contributed by atoms with Crippen LogP contribution in [0.25, 0.3) is 76.5 Å². The van der Waals surface area contributed by atoms with Gasteiger partial charge >= 0.3 is 0 Å². The van der Waals surface area contributed by atoms with Crippen LogP contribution in [-0.4, -0.2) is 0 Å². The van der Waals surface area contributed by atoms with Gasteiger partial charge in [0.2, 0.25) is 0 Å². The van der Waals surface area contributed by atoms with Crippen molar-refractivity contribution in [3.05, 3.63) is 211 Å². The fourth-order valence-electron chi connectivity index (χ4n) is 9.43. The van der Waals surface area contributed by atoms with E-state index in [1.165, 1.54) is 93.3 Å². The molecule has 0 fully saturated rings. The summed E-state index contributed by atoms with van der Waals surface area (Å²) in [6.45, 7) is 4.71. The van der Waals surface area contributed by atoms with Gasteiger partial charge in [0.25, 0.3) is 0 Å². The fraction of sp³-hybridized carbons (Fsp3) is 0.0545. The maximum Gasteiger partial charge on any atom is 0.0543 e. The van der Waals surface area contributed by atoms with Crippen LogP contribution >= 0.6 is 0 Å². The summed E-state index contributed by atoms with van der Waals surface area (Å²) in [4.78, 5) is 2.45. The molecule has 1 aliphatic rings. The van der Waals surface area contributed by atoms with Crippen molar-refractivity contribution in [2.24, 2.45) is 0 Å². The molecule has 0 bridgehead atoms. The number of hydrogen-bond acceptors (Lipinski definition) is 1. The standard InChI is InChI=1S/C55H39N/c1-55(2)51-18-8-7-15-50(51)54-52(55)19-10-20-53(54)56(42-29-23-36(24-30-42)40-28-33-47-41(35-40)22-21-37-11-3-5-13-44(37)47)43-31-25-39(26-32-43)46-16-9-17-48-45-14-6-4-12-38(45)27-34-49(46)48/h3-35H,1-2H3. The summed E-state index contributed by atoms with van der Waals surface area (Å²) in [5, 5.41) is 10.2. The van der Waals surface area contributed by atoms with Crippen molar-refractivity contribution in [1.82, 2.24) is 0 Å². The van der Waals surface area contributed by atoms with E-state index in [0.29, 0.717) is 0 Å². The van der Waals surface area contributed by atoms with Crippen molar-refractivity contribution in [3.63, 3.8) is 0 Å². The first-order valence-corrected chi connectivity index (χ1v) is 19.6. The third-order valence-corrected chi connectivity index (χ3v) is 12.3. The number of hydrogen-bond donors (Lipinski definition) is 0. The number of anilines is 3. The van der Waals surface area contributed by atoms with Crippen LogP contribution in [-0.2, 0) is 5.41 Å². The molecule has 56 heavy (non-hydrogen) atoms. The lowest BCUT2D eigenvalue weighted by Crippen LogP contribution is -2.16. The monoisotopic (exact) mass is 713 g/mol. The summed E-state index contributed by atoms with van der Waals surface area (Å²) >= 11 is 0. The van der Waals surface area contributed by atoms with Gasteiger partial charge in [-0.05, 0) is 118 Å². The van der Waals surface area contributed by atoms with Crippen LogP contribution in [0.2, 0.25) is 0 Å². The maximum atomic E-state index is 2.45. The molecule has 0 saturated heterocycles. The Labute approximate surface area is 327 Å². The molecule has 264 valence electrons. The lowest BCUT2D eigenvalue weighted by Gasteiger charge is -2.29. The molecule has 1 nitrogen and oxygen atoms in total. The minimum Gasteiger partial charge on any atom is -0.310 e. The smallest absolute Gasteiger partial charge is 0.0543 e. The van der Waals surface area contributed by atoms with Gasteiger partial charge in [-0.25, -0.2) is 0 Å². The second kappa shape index (κ2) is 12.5. The topological polar surface area (TPSA) is 3.24 Å². The normalized spacial score (nSPS) is 13.0. The minimum absolute atomic E-state index is 0.0960. The molecular weight excluding hydrogens is 675 g/mol. The quantitative estimate of drug-likeness (QED) is 0.161. The first-order valence-electron chi connectivity index (χ1n) is 19.6. The zero-order valence-corrected chi connectivity index (χ0v) is 31.5. The molecule has 10 aromatic rings. The molecule has 0 N–H and O–H groups in total. The highest BCUT2D eigenvalue weighted by atomic mass is 15.1. The highest BCUT2D eigenvalue weighted by molar-refractivity contribution is 6.12. The minimum atomic E-state index is -0.0960. The highest BCUT2D eigenvalue weighted by Crippen LogP contribution is 2.54. The van der Waals surface area contributed by atoms with Crippen LogP contribution in [0.1, 0.15) is 25.0 Å². The summed E-state index contributed by atoms with van der Waals surface area (Å²) in [6, 6.07) is 74.0. The Kier molecular flexibility index (Phi) is 7.28. The van der Waals surface area contributed by atoms with Crippen molar-refractivity contribution in [1.29, 1.82) is 0 Å². The fourth-order valence-corrected chi connectivity index (χ4v) is 9.43. The van der Waals surface area contributed by atoms with Gasteiger partial charge in [-0.2, -0.15) is 0 Å². The Morgan fingerprint density at radius 3 is 1.62 bits per heavy atom. The van der Waals surface area contributed by atoms with E-state index in [-0.39, 0.29) is 5.41 Å². The molecule has 0 spiro atoms. The Bertz CT molecular complexity index is 3150. The number of fused-ring (bicyclic) bond motifs is 9. The first-order chi connectivity index (χ1) is 27.5. The van der Waals surface area contributed by atoms with Crippen LogP contribution in [0.4, 0.5) is 17.1 Å². The maximum absolute atomic E-state index is 2.45. The lowest BCUT2D eigenvalue weighted by atomic mass is 9.82. The van der Waals surface area contributed by atoms with Gasteiger partial charge in [0, 0.05) is 22.4 Å². The van der Waals surface area contributed by atoms with Gasteiger partial charge in [0.1, 0.15) is 0 Å². The molecule has 0 aromatic heterocycles. The highest BCUT2D eigenvalue weighted by Gasteiger charge is 2.37. The third kappa shape index (κ3) is 5.01. The summed E-state index contributed by atoms with van der Waals surface area (Å²) in [7, 11) is 0. The molecule has 0 atom stereocenters. The third-order valence-electron chi connectivity index (χ3n) is 12.3. The molecule has 0 aliphatic heterocycles. The van der Waals surface area contributed by atoms with Crippen molar-refractivity contribution >= 4 is 60.2 Å².